The normalized spacial score (nSPS) is 18.3. The molecular weight excluding hydrogens is 1070 g/mol. The maximum Gasteiger partial charge on any atom is 0.276 e. The van der Waals surface area contributed by atoms with Crippen LogP contribution in [0, 0.1) is 18.2 Å². The van der Waals surface area contributed by atoms with Gasteiger partial charge in [0.1, 0.15) is 37.2 Å². The summed E-state index contributed by atoms with van der Waals surface area (Å²) in [7, 11) is 0. The van der Waals surface area contributed by atoms with Crippen LogP contribution in [0.4, 0.5) is 15.9 Å². The molecule has 5 aromatic rings. The zero-order valence-corrected chi connectivity index (χ0v) is 46.5. The molecule has 2 saturated heterocycles. The molecule has 2 aliphatic rings. The molecule has 0 unspecified atom stereocenters. The van der Waals surface area contributed by atoms with E-state index in [1.54, 1.807) is 78.6 Å². The molecule has 6 atom stereocenters. The van der Waals surface area contributed by atoms with Gasteiger partial charge in [-0.15, -0.1) is 21.5 Å². The average Bonchev–Trinajstić information content (AvgIpc) is 4.10. The van der Waals surface area contributed by atoms with E-state index in [4.69, 9.17) is 43.1 Å². The molecule has 2 fully saturated rings. The summed E-state index contributed by atoms with van der Waals surface area (Å²) >= 11 is 13.9. The number of aromatic nitrogens is 3. The van der Waals surface area contributed by atoms with E-state index < -0.39 is 65.8 Å². The van der Waals surface area contributed by atoms with Crippen LogP contribution in [0.15, 0.2) is 72.2 Å². The number of amides is 6. The minimum atomic E-state index is -1.05. The maximum atomic E-state index is 14.2. The molecule has 24 heteroatoms. The number of anilines is 2. The molecule has 2 aliphatic heterocycles. The number of likely N-dealkylation sites (tertiary alicyclic amines) is 1. The van der Waals surface area contributed by atoms with Crippen LogP contribution in [-0.2, 0) is 35.2 Å². The van der Waals surface area contributed by atoms with E-state index in [-0.39, 0.29) is 109 Å². The number of piperazine rings is 1. The van der Waals surface area contributed by atoms with Crippen molar-refractivity contribution in [2.75, 3.05) is 57.1 Å². The van der Waals surface area contributed by atoms with Gasteiger partial charge in [0, 0.05) is 72.6 Å². The van der Waals surface area contributed by atoms with Crippen molar-refractivity contribution in [3.8, 4) is 16.2 Å². The van der Waals surface area contributed by atoms with Gasteiger partial charge in [-0.05, 0) is 80.6 Å². The molecule has 0 radical (unpaired) electrons. The Morgan fingerprint density at radius 2 is 1.59 bits per heavy atom. The number of nitrogens with one attached hydrogen (secondary N) is 3. The van der Waals surface area contributed by atoms with Gasteiger partial charge in [0.25, 0.3) is 11.8 Å². The minimum Gasteiger partial charge on any atom is -0.482 e. The molecule has 7 rings (SSSR count). The molecule has 416 valence electrons. The number of rotatable bonds is 19. The minimum absolute atomic E-state index is 0.0109. The number of aliphatic hydroxyl groups is 1. The number of nitrogens with two attached hydrogens (primary N) is 1. The first kappa shape index (κ1) is 58.9. The van der Waals surface area contributed by atoms with Crippen molar-refractivity contribution in [3.05, 3.63) is 116 Å². The third-order valence-electron chi connectivity index (χ3n) is 13.2. The summed E-state index contributed by atoms with van der Waals surface area (Å²) in [4.78, 5) is 90.9. The van der Waals surface area contributed by atoms with Gasteiger partial charge >= 0.3 is 0 Å². The molecule has 4 heterocycles. The van der Waals surface area contributed by atoms with Gasteiger partial charge in [-0.2, -0.15) is 0 Å². The van der Waals surface area contributed by atoms with E-state index >= 15 is 0 Å². The molecule has 0 saturated carbocycles. The highest BCUT2D eigenvalue weighted by Gasteiger charge is 2.44. The van der Waals surface area contributed by atoms with E-state index in [0.717, 1.165) is 27.8 Å². The van der Waals surface area contributed by atoms with E-state index in [2.05, 4.69) is 31.1 Å². The molecule has 2 aromatic heterocycles. The zero-order valence-electron chi connectivity index (χ0n) is 44.2. The van der Waals surface area contributed by atoms with Gasteiger partial charge in [0.15, 0.2) is 17.3 Å². The molecular formula is C54H63Cl2FN10O10S. The number of carbonyl (C=O) groups is 6. The molecule has 0 spiro atoms. The summed E-state index contributed by atoms with van der Waals surface area (Å²) in [5, 5.41) is 26.6. The Morgan fingerprint density at radius 1 is 0.923 bits per heavy atom. The number of carbonyl (C=O) groups excluding carboxylic acids is 6. The quantitative estimate of drug-likeness (QED) is 0.0454. The molecule has 6 N–H and O–H groups in total. The lowest BCUT2D eigenvalue weighted by molar-refractivity contribution is -0.145. The van der Waals surface area contributed by atoms with Crippen molar-refractivity contribution >= 4 is 81.5 Å². The highest BCUT2D eigenvalue weighted by Crippen LogP contribution is 2.36. The van der Waals surface area contributed by atoms with E-state index in [1.807, 2.05) is 45.0 Å². The SMILES string of the molecule is Cc1ncsc1-c1ccc(CNC(=O)[C@@H]2C[C@@H](O)CN2C(=O)[C@@H](NC(=O)COCCOCC(=O)N2[C@H](C)CN(C(=O)c3ccc(NC(=O)c4cc(O[C@H](C)c5c(Cl)ccc(F)c5Cl)c(N)nn4)cc3)C[C@@H]2C)C(C)(C)C)cc1. The van der Waals surface area contributed by atoms with Gasteiger partial charge in [0.05, 0.1) is 40.4 Å². The number of β-amino-alcohol motifs (C(OH)–C–C–N with tert-alkyl or cyclic N) is 1. The second kappa shape index (κ2) is 25.8. The van der Waals surface area contributed by atoms with Gasteiger partial charge in [-0.3, -0.25) is 28.8 Å². The predicted octanol–water partition coefficient (Wildman–Crippen LogP) is 6.23. The lowest BCUT2D eigenvalue weighted by Gasteiger charge is -2.44. The van der Waals surface area contributed by atoms with Crippen LogP contribution in [0.3, 0.4) is 0 Å². The number of aliphatic hydroxyl groups excluding tert-OH is 1. The van der Waals surface area contributed by atoms with Crippen LogP contribution in [-0.4, -0.2) is 147 Å². The third kappa shape index (κ3) is 14.5. The van der Waals surface area contributed by atoms with Gasteiger partial charge in [-0.25, -0.2) is 9.37 Å². The summed E-state index contributed by atoms with van der Waals surface area (Å²) < 4.78 is 31.2. The van der Waals surface area contributed by atoms with E-state index in [0.29, 0.717) is 11.3 Å². The van der Waals surface area contributed by atoms with Gasteiger partial charge in [-0.1, -0.05) is 68.2 Å². The van der Waals surface area contributed by atoms with Crippen molar-refractivity contribution < 1.29 is 52.5 Å². The number of aryl methyl sites for hydroxylation is 1. The number of hydrogen-bond acceptors (Lipinski definition) is 15. The van der Waals surface area contributed by atoms with E-state index in [9.17, 15) is 38.3 Å². The maximum absolute atomic E-state index is 14.2. The number of nitrogen functional groups attached to an aromatic ring is 1. The van der Waals surface area contributed by atoms with Crippen LogP contribution in [0.5, 0.6) is 5.75 Å². The lowest BCUT2D eigenvalue weighted by atomic mass is 9.85. The Kier molecular flexibility index (Phi) is 19.4. The molecule has 0 bridgehead atoms. The summed E-state index contributed by atoms with van der Waals surface area (Å²) in [5.41, 5.74) is 10.6. The Morgan fingerprint density at radius 3 is 2.23 bits per heavy atom. The van der Waals surface area contributed by atoms with Crippen molar-refractivity contribution in [1.82, 2.24) is 40.5 Å². The van der Waals surface area contributed by atoms with Crippen LogP contribution in [0.25, 0.3) is 10.4 Å². The molecule has 78 heavy (non-hydrogen) atoms. The second-order valence-corrected chi connectivity index (χ2v) is 21.9. The molecule has 6 amide bonds. The van der Waals surface area contributed by atoms with Crippen LogP contribution < -0.4 is 26.4 Å². The summed E-state index contributed by atoms with van der Waals surface area (Å²) in [5.74, 6) is -3.53. The van der Waals surface area contributed by atoms with Crippen molar-refractivity contribution in [3.63, 3.8) is 0 Å². The number of benzene rings is 3. The second-order valence-electron chi connectivity index (χ2n) is 20.3. The Bertz CT molecular complexity index is 2990. The first-order valence-corrected chi connectivity index (χ1v) is 26.8. The van der Waals surface area contributed by atoms with Crippen LogP contribution in [0.1, 0.15) is 91.7 Å². The number of nitrogens with zero attached hydrogens (tertiary/aromatic N) is 6. The topological polar surface area (TPSA) is 261 Å². The fourth-order valence-corrected chi connectivity index (χ4v) is 10.8. The van der Waals surface area contributed by atoms with E-state index in [1.165, 1.54) is 17.0 Å². The van der Waals surface area contributed by atoms with Crippen LogP contribution in [0.2, 0.25) is 10.0 Å². The third-order valence-corrected chi connectivity index (χ3v) is 14.9. The smallest absolute Gasteiger partial charge is 0.276 e. The zero-order chi connectivity index (χ0) is 56.6. The highest BCUT2D eigenvalue weighted by molar-refractivity contribution is 7.13. The van der Waals surface area contributed by atoms with Crippen molar-refractivity contribution in [1.29, 1.82) is 0 Å². The first-order valence-electron chi connectivity index (χ1n) is 25.2. The van der Waals surface area contributed by atoms with Crippen molar-refractivity contribution in [2.45, 2.75) is 97.8 Å². The first-order chi connectivity index (χ1) is 37.0. The highest BCUT2D eigenvalue weighted by atomic mass is 35.5. The van der Waals surface area contributed by atoms with Gasteiger partial charge in [0.2, 0.25) is 23.6 Å². The number of halogens is 3. The monoisotopic (exact) mass is 1130 g/mol. The molecule has 3 aromatic carbocycles. The summed E-state index contributed by atoms with van der Waals surface area (Å²) in [6.07, 6.45) is -1.75. The summed E-state index contributed by atoms with van der Waals surface area (Å²) in [6.45, 7) is 12.5. The fraction of sp³-hybridized carbons (Fsp3) is 0.426. The molecule has 20 nitrogen and oxygen atoms in total. The average molecular weight is 1130 g/mol. The van der Waals surface area contributed by atoms with Crippen molar-refractivity contribution in [2.24, 2.45) is 5.41 Å². The number of thiazole rings is 1. The lowest BCUT2D eigenvalue weighted by Crippen LogP contribution is -2.60. The standard InChI is InChI=1S/C54H63Cl2FN10O10S/c1-29-23-65(52(73)35-12-14-36(15-13-35)61-50(71)40-21-42(49(58)64-63-40)77-32(4)45-38(55)16-17-39(57)46(45)56)24-30(2)67(29)44(70)27-76-19-18-75-26-43(69)62-48(54(5,6)7)53(74)66-25-37(68)20-41(66)51(72)59-22-33-8-10-34(11-9-33)47-31(3)60-28-78-47/h8-17,21,28-30,32,37,41,48,68H,18-20,22-27H2,1-7H3,(H2,58,64)(H,59,72)(H,61,71)(H,62,69)/t29-,30+,32-,37-,41+,48-/m1/s1. The Balaban J connectivity index is 0.819. The van der Waals surface area contributed by atoms with Gasteiger partial charge < -0.3 is 55.7 Å². The number of ether oxygens (including phenoxy) is 3. The fourth-order valence-electron chi connectivity index (χ4n) is 9.31. The largest absolute Gasteiger partial charge is 0.482 e. The Hall–Kier alpha value is -6.82. The van der Waals surface area contributed by atoms with Crippen LogP contribution >= 0.6 is 34.5 Å². The summed E-state index contributed by atoms with van der Waals surface area (Å²) in [6, 6.07) is 15.1. The number of hydrogen-bond donors (Lipinski definition) is 5. The Labute approximate surface area is 465 Å². The predicted molar refractivity (Wildman–Crippen MR) is 291 cm³/mol. The molecule has 0 aliphatic carbocycles.